The summed E-state index contributed by atoms with van der Waals surface area (Å²) in [5.41, 5.74) is 2.05. The molecule has 3 rings (SSSR count). The number of urea groups is 1. The summed E-state index contributed by atoms with van der Waals surface area (Å²) >= 11 is 6.01. The molecule has 0 aliphatic carbocycles. The SMILES string of the molecule is CCOC(=O)CCNC(=O)N1CCn2cccc2[C@@H]1c1ccc(Cl)cc1. The zero-order valence-corrected chi connectivity index (χ0v) is 15.4. The van der Waals surface area contributed by atoms with E-state index in [0.717, 1.165) is 17.8 Å². The van der Waals surface area contributed by atoms with Gasteiger partial charge < -0.3 is 19.5 Å². The molecule has 0 saturated heterocycles. The first kappa shape index (κ1) is 18.3. The van der Waals surface area contributed by atoms with Crippen LogP contribution in [0.2, 0.25) is 5.02 Å². The van der Waals surface area contributed by atoms with Gasteiger partial charge in [-0.15, -0.1) is 0 Å². The average Bonchev–Trinajstić information content (AvgIpc) is 3.10. The van der Waals surface area contributed by atoms with E-state index in [1.54, 1.807) is 11.8 Å². The number of hydrogen-bond donors (Lipinski definition) is 1. The molecule has 0 radical (unpaired) electrons. The highest BCUT2D eigenvalue weighted by Crippen LogP contribution is 2.32. The molecule has 138 valence electrons. The van der Waals surface area contributed by atoms with E-state index in [-0.39, 0.29) is 31.0 Å². The topological polar surface area (TPSA) is 63.6 Å². The molecule has 0 spiro atoms. The normalized spacial score (nSPS) is 16.1. The van der Waals surface area contributed by atoms with Crippen molar-refractivity contribution in [3.63, 3.8) is 0 Å². The lowest BCUT2D eigenvalue weighted by molar-refractivity contribution is -0.142. The molecule has 2 amide bonds. The number of esters is 1. The van der Waals surface area contributed by atoms with Crippen LogP contribution in [0.15, 0.2) is 42.6 Å². The highest BCUT2D eigenvalue weighted by Gasteiger charge is 2.32. The van der Waals surface area contributed by atoms with Gasteiger partial charge in [0.25, 0.3) is 0 Å². The zero-order chi connectivity index (χ0) is 18.5. The second kappa shape index (κ2) is 8.27. The Morgan fingerprint density at radius 3 is 2.73 bits per heavy atom. The van der Waals surface area contributed by atoms with Crippen LogP contribution in [0.4, 0.5) is 4.79 Å². The largest absolute Gasteiger partial charge is 0.466 e. The fraction of sp³-hybridized carbons (Fsp3) is 0.368. The van der Waals surface area contributed by atoms with Gasteiger partial charge in [-0.1, -0.05) is 23.7 Å². The number of nitrogens with zero attached hydrogens (tertiary/aromatic N) is 2. The lowest BCUT2D eigenvalue weighted by atomic mass is 10.0. The molecule has 26 heavy (non-hydrogen) atoms. The predicted octanol–water partition coefficient (Wildman–Crippen LogP) is 3.21. The Morgan fingerprint density at radius 2 is 2.00 bits per heavy atom. The summed E-state index contributed by atoms with van der Waals surface area (Å²) in [5, 5.41) is 3.48. The molecule has 1 N–H and O–H groups in total. The lowest BCUT2D eigenvalue weighted by Gasteiger charge is -2.37. The number of hydrogen-bond acceptors (Lipinski definition) is 3. The zero-order valence-electron chi connectivity index (χ0n) is 14.7. The number of benzene rings is 1. The van der Waals surface area contributed by atoms with E-state index in [1.165, 1.54) is 0 Å². The Morgan fingerprint density at radius 1 is 1.23 bits per heavy atom. The minimum Gasteiger partial charge on any atom is -0.466 e. The van der Waals surface area contributed by atoms with Gasteiger partial charge in [0, 0.05) is 36.5 Å². The van der Waals surface area contributed by atoms with Crippen molar-refractivity contribution in [2.24, 2.45) is 0 Å². The van der Waals surface area contributed by atoms with Crippen molar-refractivity contribution in [2.75, 3.05) is 19.7 Å². The van der Waals surface area contributed by atoms with E-state index in [1.807, 2.05) is 42.6 Å². The standard InChI is InChI=1S/C19H22ClN3O3/c1-2-26-17(24)9-10-21-19(25)23-13-12-22-11-3-4-16(22)18(23)14-5-7-15(20)8-6-14/h3-8,11,18H,2,9-10,12-13H2,1H3,(H,21,25)/t18-/m0/s1. The third kappa shape index (κ3) is 4.02. The van der Waals surface area contributed by atoms with Crippen LogP contribution in [0.5, 0.6) is 0 Å². The smallest absolute Gasteiger partial charge is 0.318 e. The molecule has 0 unspecified atom stereocenters. The fourth-order valence-corrected chi connectivity index (χ4v) is 3.33. The molecule has 1 aromatic heterocycles. The van der Waals surface area contributed by atoms with Crippen molar-refractivity contribution >= 4 is 23.6 Å². The molecule has 1 aliphatic rings. The number of carbonyl (C=O) groups excluding carboxylic acids is 2. The summed E-state index contributed by atoms with van der Waals surface area (Å²) < 4.78 is 7.04. The summed E-state index contributed by atoms with van der Waals surface area (Å²) in [6, 6.07) is 11.2. The predicted molar refractivity (Wildman–Crippen MR) is 99.1 cm³/mol. The first-order valence-electron chi connectivity index (χ1n) is 8.70. The van der Waals surface area contributed by atoms with Crippen LogP contribution in [0, 0.1) is 0 Å². The summed E-state index contributed by atoms with van der Waals surface area (Å²) in [7, 11) is 0. The van der Waals surface area contributed by atoms with Crippen molar-refractivity contribution in [1.29, 1.82) is 0 Å². The van der Waals surface area contributed by atoms with Crippen molar-refractivity contribution in [3.8, 4) is 0 Å². The first-order chi connectivity index (χ1) is 12.6. The number of halogens is 1. The van der Waals surface area contributed by atoms with Crippen LogP contribution >= 0.6 is 11.6 Å². The van der Waals surface area contributed by atoms with Gasteiger partial charge in [0.05, 0.1) is 19.1 Å². The van der Waals surface area contributed by atoms with E-state index in [2.05, 4.69) is 9.88 Å². The number of rotatable bonds is 5. The number of fused-ring (bicyclic) bond motifs is 1. The first-order valence-corrected chi connectivity index (χ1v) is 9.08. The maximum atomic E-state index is 12.7. The molecular weight excluding hydrogens is 354 g/mol. The maximum absolute atomic E-state index is 12.7. The highest BCUT2D eigenvalue weighted by atomic mass is 35.5. The fourth-order valence-electron chi connectivity index (χ4n) is 3.20. The molecule has 7 heteroatoms. The van der Waals surface area contributed by atoms with Crippen LogP contribution in [0.3, 0.4) is 0 Å². The van der Waals surface area contributed by atoms with Crippen LogP contribution in [-0.2, 0) is 16.1 Å². The minimum atomic E-state index is -0.311. The van der Waals surface area contributed by atoms with Crippen molar-refractivity contribution in [2.45, 2.75) is 25.9 Å². The van der Waals surface area contributed by atoms with Crippen LogP contribution < -0.4 is 5.32 Å². The van der Waals surface area contributed by atoms with E-state index in [0.29, 0.717) is 18.2 Å². The Kier molecular flexibility index (Phi) is 5.83. The summed E-state index contributed by atoms with van der Waals surface area (Å²) in [5.74, 6) is -0.311. The van der Waals surface area contributed by atoms with Gasteiger partial charge in [-0.05, 0) is 36.8 Å². The number of carbonyl (C=O) groups is 2. The lowest BCUT2D eigenvalue weighted by Crippen LogP contribution is -2.47. The number of nitrogens with one attached hydrogen (secondary N) is 1. The van der Waals surface area contributed by atoms with E-state index in [4.69, 9.17) is 16.3 Å². The molecule has 0 bridgehead atoms. The Balaban J connectivity index is 1.75. The van der Waals surface area contributed by atoms with E-state index < -0.39 is 0 Å². The molecule has 1 aliphatic heterocycles. The monoisotopic (exact) mass is 375 g/mol. The molecule has 0 fully saturated rings. The molecular formula is C19H22ClN3O3. The summed E-state index contributed by atoms with van der Waals surface area (Å²) in [6.45, 7) is 3.67. The molecule has 2 heterocycles. The second-order valence-electron chi connectivity index (χ2n) is 6.06. The van der Waals surface area contributed by atoms with Gasteiger partial charge in [0.2, 0.25) is 0 Å². The van der Waals surface area contributed by atoms with Crippen LogP contribution in [0.25, 0.3) is 0 Å². The maximum Gasteiger partial charge on any atom is 0.318 e. The molecule has 6 nitrogen and oxygen atoms in total. The highest BCUT2D eigenvalue weighted by molar-refractivity contribution is 6.30. The Bertz CT molecular complexity index is 773. The number of amides is 2. The molecule has 1 atom stereocenters. The Hall–Kier alpha value is -2.47. The molecule has 0 saturated carbocycles. The van der Waals surface area contributed by atoms with E-state index in [9.17, 15) is 9.59 Å². The van der Waals surface area contributed by atoms with Crippen molar-refractivity contribution in [1.82, 2.24) is 14.8 Å². The van der Waals surface area contributed by atoms with Gasteiger partial charge >= 0.3 is 12.0 Å². The summed E-state index contributed by atoms with van der Waals surface area (Å²) in [4.78, 5) is 26.0. The third-order valence-electron chi connectivity index (χ3n) is 4.40. The van der Waals surface area contributed by atoms with Gasteiger partial charge in [-0.3, -0.25) is 4.79 Å². The van der Waals surface area contributed by atoms with Gasteiger partial charge in [0.15, 0.2) is 0 Å². The van der Waals surface area contributed by atoms with Crippen molar-refractivity contribution in [3.05, 3.63) is 58.9 Å². The molecule has 1 aromatic carbocycles. The minimum absolute atomic E-state index is 0.162. The number of aromatic nitrogens is 1. The number of ether oxygens (including phenoxy) is 1. The van der Waals surface area contributed by atoms with Gasteiger partial charge in [-0.25, -0.2) is 4.79 Å². The third-order valence-corrected chi connectivity index (χ3v) is 4.65. The second-order valence-corrected chi connectivity index (χ2v) is 6.50. The quantitative estimate of drug-likeness (QED) is 0.816. The average molecular weight is 376 g/mol. The van der Waals surface area contributed by atoms with Gasteiger partial charge in [0.1, 0.15) is 0 Å². The van der Waals surface area contributed by atoms with Gasteiger partial charge in [-0.2, -0.15) is 0 Å². The Labute approximate surface area is 157 Å². The van der Waals surface area contributed by atoms with Crippen LogP contribution in [-0.4, -0.2) is 41.2 Å². The van der Waals surface area contributed by atoms with Crippen molar-refractivity contribution < 1.29 is 14.3 Å². The molecule has 2 aromatic rings. The summed E-state index contributed by atoms with van der Waals surface area (Å²) in [6.07, 6.45) is 2.18. The van der Waals surface area contributed by atoms with E-state index >= 15 is 0 Å². The van der Waals surface area contributed by atoms with Crippen LogP contribution in [0.1, 0.15) is 30.6 Å².